The largest absolute Gasteiger partial charge is 0.352 e. The van der Waals surface area contributed by atoms with Crippen LogP contribution in [0, 0.1) is 5.92 Å². The Labute approximate surface area is 119 Å². The van der Waals surface area contributed by atoms with Crippen LogP contribution in [0.2, 0.25) is 0 Å². The molecule has 1 aliphatic rings. The van der Waals surface area contributed by atoms with Crippen molar-refractivity contribution in [3.8, 4) is 0 Å². The molecular weight excluding hydrogens is 276 g/mol. The summed E-state index contributed by atoms with van der Waals surface area (Å²) in [6.45, 7) is 3.65. The number of benzene rings is 1. The highest BCUT2D eigenvalue weighted by Crippen LogP contribution is 2.19. The van der Waals surface area contributed by atoms with Gasteiger partial charge in [0.15, 0.2) is 0 Å². The molecule has 6 heteroatoms. The molecule has 1 fully saturated rings. The topological polar surface area (TPSA) is 75.3 Å². The van der Waals surface area contributed by atoms with Crippen LogP contribution < -0.4 is 10.0 Å². The zero-order chi connectivity index (χ0) is 14.8. The summed E-state index contributed by atoms with van der Waals surface area (Å²) in [5, 5.41) is 2.84. The first kappa shape index (κ1) is 15.0. The predicted molar refractivity (Wildman–Crippen MR) is 76.6 cm³/mol. The van der Waals surface area contributed by atoms with E-state index in [2.05, 4.69) is 10.0 Å². The van der Waals surface area contributed by atoms with E-state index in [-0.39, 0.29) is 22.8 Å². The van der Waals surface area contributed by atoms with Crippen molar-refractivity contribution in [3.63, 3.8) is 0 Å². The summed E-state index contributed by atoms with van der Waals surface area (Å²) in [5.74, 6) is -0.366. The summed E-state index contributed by atoms with van der Waals surface area (Å²) in [6.07, 6.45) is 1.95. The number of carbonyl (C=O) groups excluding carboxylic acids is 1. The van der Waals surface area contributed by atoms with Gasteiger partial charge in [0, 0.05) is 6.04 Å². The van der Waals surface area contributed by atoms with Gasteiger partial charge in [-0.2, -0.15) is 4.72 Å². The Morgan fingerprint density at radius 3 is 2.30 bits per heavy atom. The molecule has 110 valence electrons. The van der Waals surface area contributed by atoms with Crippen molar-refractivity contribution in [3.05, 3.63) is 30.3 Å². The smallest absolute Gasteiger partial charge is 0.241 e. The number of hydrogen-bond acceptors (Lipinski definition) is 3. The predicted octanol–water partition coefficient (Wildman–Crippen LogP) is 1.27. The van der Waals surface area contributed by atoms with E-state index in [4.69, 9.17) is 0 Å². The van der Waals surface area contributed by atoms with Gasteiger partial charge in [0.1, 0.15) is 6.04 Å². The van der Waals surface area contributed by atoms with Crippen LogP contribution in [0.3, 0.4) is 0 Å². The minimum Gasteiger partial charge on any atom is -0.352 e. The molecule has 1 aliphatic carbocycles. The van der Waals surface area contributed by atoms with Gasteiger partial charge in [-0.25, -0.2) is 8.42 Å². The zero-order valence-corrected chi connectivity index (χ0v) is 12.5. The summed E-state index contributed by atoms with van der Waals surface area (Å²) >= 11 is 0. The van der Waals surface area contributed by atoms with E-state index < -0.39 is 16.1 Å². The van der Waals surface area contributed by atoms with Crippen molar-refractivity contribution in [2.45, 2.75) is 43.7 Å². The fourth-order valence-corrected chi connectivity index (χ4v) is 3.21. The van der Waals surface area contributed by atoms with Gasteiger partial charge in [-0.05, 0) is 30.9 Å². The van der Waals surface area contributed by atoms with Crippen LogP contribution in [-0.4, -0.2) is 26.4 Å². The van der Waals surface area contributed by atoms with Crippen LogP contribution in [0.1, 0.15) is 26.7 Å². The fraction of sp³-hybridized carbons (Fsp3) is 0.500. The van der Waals surface area contributed by atoms with Crippen LogP contribution >= 0.6 is 0 Å². The standard InChI is InChI=1S/C14H20N2O3S/c1-10(2)13(14(17)15-11-8-9-11)16-20(18,19)12-6-4-3-5-7-12/h3-7,10-11,13,16H,8-9H2,1-2H3,(H,15,17)/t13-/m1/s1. The molecule has 0 aromatic heterocycles. The average molecular weight is 296 g/mol. The van der Waals surface area contributed by atoms with Crippen molar-refractivity contribution in [1.82, 2.24) is 10.0 Å². The molecule has 0 heterocycles. The van der Waals surface area contributed by atoms with Crippen LogP contribution in [-0.2, 0) is 14.8 Å². The summed E-state index contributed by atoms with van der Waals surface area (Å²) in [5.41, 5.74) is 0. The number of nitrogens with one attached hydrogen (secondary N) is 2. The second-order valence-corrected chi connectivity index (χ2v) is 7.15. The van der Waals surface area contributed by atoms with Gasteiger partial charge in [0.2, 0.25) is 15.9 Å². The van der Waals surface area contributed by atoms with Gasteiger partial charge in [0.25, 0.3) is 0 Å². The Kier molecular flexibility index (Phi) is 4.45. The first-order valence-corrected chi connectivity index (χ1v) is 8.26. The Morgan fingerprint density at radius 1 is 1.20 bits per heavy atom. The average Bonchev–Trinajstić information content (AvgIpc) is 3.20. The molecule has 1 aromatic carbocycles. The summed E-state index contributed by atoms with van der Waals surface area (Å²) in [7, 11) is -3.68. The van der Waals surface area contributed by atoms with Crippen LogP contribution in [0.5, 0.6) is 0 Å². The van der Waals surface area contributed by atoms with E-state index in [0.717, 1.165) is 12.8 Å². The quantitative estimate of drug-likeness (QED) is 0.830. The molecular formula is C14H20N2O3S. The van der Waals surface area contributed by atoms with Crippen molar-refractivity contribution in [1.29, 1.82) is 0 Å². The maximum atomic E-state index is 12.3. The van der Waals surface area contributed by atoms with Crippen LogP contribution in [0.4, 0.5) is 0 Å². The molecule has 2 N–H and O–H groups in total. The number of amides is 1. The first-order valence-electron chi connectivity index (χ1n) is 6.78. The van der Waals surface area contributed by atoms with Gasteiger partial charge in [-0.15, -0.1) is 0 Å². The van der Waals surface area contributed by atoms with Crippen molar-refractivity contribution < 1.29 is 13.2 Å². The SMILES string of the molecule is CC(C)[C@@H](NS(=O)(=O)c1ccccc1)C(=O)NC1CC1. The Morgan fingerprint density at radius 2 is 1.80 bits per heavy atom. The third kappa shape index (κ3) is 3.80. The maximum absolute atomic E-state index is 12.3. The minimum absolute atomic E-state index is 0.118. The van der Waals surface area contributed by atoms with Crippen molar-refractivity contribution in [2.24, 2.45) is 5.92 Å². The summed E-state index contributed by atoms with van der Waals surface area (Å²) in [4.78, 5) is 12.3. The second-order valence-electron chi connectivity index (χ2n) is 5.44. The highest BCUT2D eigenvalue weighted by atomic mass is 32.2. The van der Waals surface area contributed by atoms with Crippen LogP contribution in [0.25, 0.3) is 0 Å². The van der Waals surface area contributed by atoms with E-state index >= 15 is 0 Å². The Bertz CT molecular complexity index is 565. The number of rotatable bonds is 6. The lowest BCUT2D eigenvalue weighted by molar-refractivity contribution is -0.123. The highest BCUT2D eigenvalue weighted by molar-refractivity contribution is 7.89. The lowest BCUT2D eigenvalue weighted by atomic mass is 10.1. The van der Waals surface area contributed by atoms with Gasteiger partial charge in [-0.3, -0.25) is 4.79 Å². The van der Waals surface area contributed by atoms with Crippen molar-refractivity contribution >= 4 is 15.9 Å². The molecule has 5 nitrogen and oxygen atoms in total. The molecule has 0 spiro atoms. The van der Waals surface area contributed by atoms with Gasteiger partial charge < -0.3 is 5.32 Å². The van der Waals surface area contributed by atoms with Gasteiger partial charge in [0.05, 0.1) is 4.90 Å². The maximum Gasteiger partial charge on any atom is 0.241 e. The molecule has 0 saturated heterocycles. The zero-order valence-electron chi connectivity index (χ0n) is 11.7. The fourth-order valence-electron chi connectivity index (χ4n) is 1.85. The third-order valence-electron chi connectivity index (χ3n) is 3.21. The molecule has 0 radical (unpaired) electrons. The molecule has 0 aliphatic heterocycles. The molecule has 1 atom stereocenters. The molecule has 1 amide bonds. The monoisotopic (exact) mass is 296 g/mol. The molecule has 1 aromatic rings. The number of hydrogen-bond donors (Lipinski definition) is 2. The molecule has 1 saturated carbocycles. The minimum atomic E-state index is -3.68. The van der Waals surface area contributed by atoms with Gasteiger partial charge >= 0.3 is 0 Å². The second kappa shape index (κ2) is 5.93. The summed E-state index contributed by atoms with van der Waals surface area (Å²) < 4.78 is 27.0. The lowest BCUT2D eigenvalue weighted by Crippen LogP contribution is -2.50. The number of carbonyl (C=O) groups is 1. The lowest BCUT2D eigenvalue weighted by Gasteiger charge is -2.21. The molecule has 0 unspecified atom stereocenters. The Balaban J connectivity index is 2.12. The van der Waals surface area contributed by atoms with E-state index in [1.807, 2.05) is 13.8 Å². The summed E-state index contributed by atoms with van der Waals surface area (Å²) in [6, 6.07) is 7.55. The normalized spacial score (nSPS) is 16.9. The van der Waals surface area contributed by atoms with E-state index in [1.165, 1.54) is 12.1 Å². The van der Waals surface area contributed by atoms with Crippen molar-refractivity contribution in [2.75, 3.05) is 0 Å². The first-order chi connectivity index (χ1) is 9.40. The van der Waals surface area contributed by atoms with E-state index in [0.29, 0.717) is 0 Å². The molecule has 20 heavy (non-hydrogen) atoms. The van der Waals surface area contributed by atoms with E-state index in [9.17, 15) is 13.2 Å². The van der Waals surface area contributed by atoms with E-state index in [1.54, 1.807) is 18.2 Å². The molecule has 2 rings (SSSR count). The highest BCUT2D eigenvalue weighted by Gasteiger charge is 2.32. The van der Waals surface area contributed by atoms with Crippen LogP contribution in [0.15, 0.2) is 35.2 Å². The Hall–Kier alpha value is -1.40. The van der Waals surface area contributed by atoms with Gasteiger partial charge in [-0.1, -0.05) is 32.0 Å². The number of sulfonamides is 1. The molecule has 0 bridgehead atoms. The third-order valence-corrected chi connectivity index (χ3v) is 4.67.